The third-order valence-electron chi connectivity index (χ3n) is 6.18. The quantitative estimate of drug-likeness (QED) is 0.180. The fourth-order valence-electron chi connectivity index (χ4n) is 4.56. The van der Waals surface area contributed by atoms with Gasteiger partial charge in [0.15, 0.2) is 0 Å². The predicted octanol–water partition coefficient (Wildman–Crippen LogP) is 8.24. The molecule has 5 aromatic heterocycles. The smallest absolute Gasteiger partial charge is 0.138 e. The van der Waals surface area contributed by atoms with Crippen LogP contribution in [0, 0.1) is 5.41 Å². The van der Waals surface area contributed by atoms with Gasteiger partial charge in [0.2, 0.25) is 0 Å². The summed E-state index contributed by atoms with van der Waals surface area (Å²) in [4.78, 5) is 14.2. The third-order valence-corrected chi connectivity index (χ3v) is 7.09. The number of allylic oxidation sites excluding steroid dienone is 5. The van der Waals surface area contributed by atoms with Gasteiger partial charge in [-0.05, 0) is 72.2 Å². The molecular weight excluding hydrogens is 488 g/mol. The molecule has 0 bridgehead atoms. The van der Waals surface area contributed by atoms with E-state index in [9.17, 15) is 0 Å². The van der Waals surface area contributed by atoms with E-state index in [1.165, 1.54) is 4.88 Å². The molecule has 3 N–H and O–H groups in total. The molecule has 0 aromatic carbocycles. The van der Waals surface area contributed by atoms with Gasteiger partial charge in [0.25, 0.3) is 0 Å². The van der Waals surface area contributed by atoms with Crippen molar-refractivity contribution in [2.75, 3.05) is 0 Å². The van der Waals surface area contributed by atoms with Crippen molar-refractivity contribution in [3.8, 4) is 21.8 Å². The molecule has 5 rings (SSSR count). The van der Waals surface area contributed by atoms with Crippen LogP contribution >= 0.6 is 11.3 Å². The number of rotatable bonds is 8. The van der Waals surface area contributed by atoms with Crippen molar-refractivity contribution in [1.82, 2.24) is 30.5 Å². The fraction of sp³-hybridized carbons (Fsp3) is 0.194. The van der Waals surface area contributed by atoms with E-state index in [0.29, 0.717) is 0 Å². The SMILES string of the molecule is C=C/C(=C\C(=C/C)c1ccc2[nH]nc(-c3cc4c(-c5cccs5)ccnc4[nH]3)c2n1)NC(=C)CC(C)(C)C. The summed E-state index contributed by atoms with van der Waals surface area (Å²) in [5.74, 6) is 0. The third kappa shape index (κ3) is 5.24. The summed E-state index contributed by atoms with van der Waals surface area (Å²) in [6.45, 7) is 16.8. The molecular formula is C31H32N6S. The maximum Gasteiger partial charge on any atom is 0.138 e. The summed E-state index contributed by atoms with van der Waals surface area (Å²) >= 11 is 1.72. The van der Waals surface area contributed by atoms with E-state index in [1.54, 1.807) is 11.3 Å². The number of hydrogen-bond acceptors (Lipinski definition) is 5. The van der Waals surface area contributed by atoms with Crippen molar-refractivity contribution < 1.29 is 0 Å². The Bertz CT molecular complexity index is 1690. The second-order valence-electron chi connectivity index (χ2n) is 10.5. The monoisotopic (exact) mass is 520 g/mol. The molecule has 0 atom stereocenters. The van der Waals surface area contributed by atoms with Crippen molar-refractivity contribution in [2.24, 2.45) is 5.41 Å². The Hall–Kier alpha value is -4.23. The van der Waals surface area contributed by atoms with Crippen LogP contribution in [0.2, 0.25) is 0 Å². The van der Waals surface area contributed by atoms with E-state index in [2.05, 4.69) is 95.1 Å². The number of nitrogens with one attached hydrogen (secondary N) is 3. The molecule has 0 aliphatic rings. The van der Waals surface area contributed by atoms with Crippen LogP contribution in [-0.4, -0.2) is 25.1 Å². The van der Waals surface area contributed by atoms with Crippen LogP contribution in [0.15, 0.2) is 90.8 Å². The first-order valence-electron chi connectivity index (χ1n) is 12.6. The molecule has 0 spiro atoms. The first kappa shape index (κ1) is 25.4. The summed E-state index contributed by atoms with van der Waals surface area (Å²) < 4.78 is 0. The largest absolute Gasteiger partial charge is 0.359 e. The summed E-state index contributed by atoms with van der Waals surface area (Å²) in [5, 5.41) is 14.3. The lowest BCUT2D eigenvalue weighted by atomic mass is 9.91. The molecule has 192 valence electrons. The van der Waals surface area contributed by atoms with Gasteiger partial charge in [-0.25, -0.2) is 9.97 Å². The minimum absolute atomic E-state index is 0.146. The maximum atomic E-state index is 5.02. The molecule has 0 unspecified atom stereocenters. The van der Waals surface area contributed by atoms with E-state index < -0.39 is 0 Å². The Morgan fingerprint density at radius 1 is 1.18 bits per heavy atom. The second kappa shape index (κ2) is 10.3. The lowest BCUT2D eigenvalue weighted by Crippen LogP contribution is -2.16. The average molecular weight is 521 g/mol. The summed E-state index contributed by atoms with van der Waals surface area (Å²) in [7, 11) is 0. The van der Waals surface area contributed by atoms with Crippen LogP contribution in [-0.2, 0) is 0 Å². The normalized spacial score (nSPS) is 12.8. The highest BCUT2D eigenvalue weighted by atomic mass is 32.1. The van der Waals surface area contributed by atoms with Crippen molar-refractivity contribution in [2.45, 2.75) is 34.1 Å². The summed E-state index contributed by atoms with van der Waals surface area (Å²) in [6, 6.07) is 12.4. The van der Waals surface area contributed by atoms with Crippen molar-refractivity contribution in [3.63, 3.8) is 0 Å². The van der Waals surface area contributed by atoms with Crippen LogP contribution in [0.1, 0.15) is 39.8 Å². The van der Waals surface area contributed by atoms with E-state index >= 15 is 0 Å². The van der Waals surface area contributed by atoms with Gasteiger partial charge in [-0.3, -0.25) is 5.10 Å². The maximum absolute atomic E-state index is 5.02. The molecule has 0 amide bonds. The van der Waals surface area contributed by atoms with Crippen molar-refractivity contribution in [1.29, 1.82) is 0 Å². The van der Waals surface area contributed by atoms with Crippen LogP contribution < -0.4 is 5.32 Å². The highest BCUT2D eigenvalue weighted by Gasteiger charge is 2.17. The number of fused-ring (bicyclic) bond motifs is 2. The Kier molecular flexibility index (Phi) is 6.87. The molecule has 6 nitrogen and oxygen atoms in total. The highest BCUT2D eigenvalue weighted by molar-refractivity contribution is 7.13. The van der Waals surface area contributed by atoms with Gasteiger partial charge in [0.1, 0.15) is 16.9 Å². The van der Waals surface area contributed by atoms with Crippen LogP contribution in [0.25, 0.3) is 49.5 Å². The zero-order chi connectivity index (χ0) is 26.9. The fourth-order valence-corrected chi connectivity index (χ4v) is 5.32. The van der Waals surface area contributed by atoms with Gasteiger partial charge in [0.05, 0.1) is 16.9 Å². The predicted molar refractivity (Wildman–Crippen MR) is 161 cm³/mol. The number of nitrogens with zero attached hydrogens (tertiary/aromatic N) is 3. The number of aromatic nitrogens is 5. The average Bonchev–Trinajstić information content (AvgIpc) is 3.63. The molecule has 0 saturated heterocycles. The molecule has 7 heteroatoms. The lowest BCUT2D eigenvalue weighted by molar-refractivity contribution is 0.403. The van der Waals surface area contributed by atoms with Crippen molar-refractivity contribution in [3.05, 3.63) is 96.4 Å². The van der Waals surface area contributed by atoms with Gasteiger partial charge >= 0.3 is 0 Å². The number of aromatic amines is 2. The Balaban J connectivity index is 1.51. The first-order chi connectivity index (χ1) is 18.3. The van der Waals surface area contributed by atoms with Gasteiger partial charge in [0, 0.05) is 33.4 Å². The number of hydrogen-bond donors (Lipinski definition) is 3. The molecule has 5 aromatic rings. The number of H-pyrrole nitrogens is 2. The van der Waals surface area contributed by atoms with E-state index in [0.717, 1.165) is 68.1 Å². The number of thiophene rings is 1. The Morgan fingerprint density at radius 2 is 2.03 bits per heavy atom. The molecule has 0 fully saturated rings. The summed E-state index contributed by atoms with van der Waals surface area (Å²) in [6.07, 6.45) is 8.60. The van der Waals surface area contributed by atoms with E-state index in [1.807, 2.05) is 37.4 Å². The highest BCUT2D eigenvalue weighted by Crippen LogP contribution is 2.35. The zero-order valence-electron chi connectivity index (χ0n) is 22.2. The molecule has 5 heterocycles. The van der Waals surface area contributed by atoms with E-state index in [4.69, 9.17) is 4.98 Å². The lowest BCUT2D eigenvalue weighted by Gasteiger charge is -2.21. The van der Waals surface area contributed by atoms with Crippen LogP contribution in [0.5, 0.6) is 0 Å². The topological polar surface area (TPSA) is 82.3 Å². The molecule has 0 aliphatic carbocycles. The minimum Gasteiger partial charge on any atom is -0.359 e. The summed E-state index contributed by atoms with van der Waals surface area (Å²) in [5.41, 5.74) is 9.08. The van der Waals surface area contributed by atoms with Gasteiger partial charge in [-0.15, -0.1) is 11.3 Å². The van der Waals surface area contributed by atoms with Crippen molar-refractivity contribution >= 4 is 39.0 Å². The van der Waals surface area contributed by atoms with Gasteiger partial charge in [-0.1, -0.05) is 46.1 Å². The van der Waals surface area contributed by atoms with Crippen LogP contribution in [0.4, 0.5) is 0 Å². The Morgan fingerprint density at radius 3 is 2.74 bits per heavy atom. The standard InChI is InChI=1S/C31H32N6S/c1-7-20(16-21(8-2)33-19(3)18-31(4,5)6)24-11-12-25-28(34-24)29(37-36-25)26-17-23-22(27-10-9-15-38-27)13-14-32-30(23)35-26/h7-17,33H,2-3,18H2,1,4-6H3,(H,32,35)(H,36,37)/b20-7+,21-16+. The molecule has 0 saturated carbocycles. The van der Waals surface area contributed by atoms with Gasteiger partial charge in [-0.2, -0.15) is 5.10 Å². The van der Waals surface area contributed by atoms with Crippen LogP contribution in [0.3, 0.4) is 0 Å². The Labute approximate surface area is 226 Å². The van der Waals surface area contributed by atoms with Gasteiger partial charge < -0.3 is 10.3 Å². The molecule has 0 aliphatic heterocycles. The number of pyridine rings is 2. The molecule has 0 radical (unpaired) electrons. The molecule has 38 heavy (non-hydrogen) atoms. The second-order valence-corrected chi connectivity index (χ2v) is 11.4. The van der Waals surface area contributed by atoms with E-state index in [-0.39, 0.29) is 5.41 Å². The zero-order valence-corrected chi connectivity index (χ0v) is 23.0. The first-order valence-corrected chi connectivity index (χ1v) is 13.5. The minimum atomic E-state index is 0.146.